The van der Waals surface area contributed by atoms with Crippen LogP contribution in [0, 0.1) is 9.49 Å². The summed E-state index contributed by atoms with van der Waals surface area (Å²) in [5.41, 5.74) is 0.968. The third-order valence-electron chi connectivity index (χ3n) is 2.31. The predicted octanol–water partition coefficient (Wildman–Crippen LogP) is 1.39. The van der Waals surface area contributed by atoms with E-state index in [1.165, 1.54) is 19.2 Å². The van der Waals surface area contributed by atoms with Crippen molar-refractivity contribution in [2.24, 2.45) is 5.92 Å². The third-order valence-corrected chi connectivity index (χ3v) is 3.21. The van der Waals surface area contributed by atoms with E-state index in [0.717, 1.165) is 9.26 Å². The first-order valence-corrected chi connectivity index (χ1v) is 5.47. The van der Waals surface area contributed by atoms with Crippen molar-refractivity contribution in [2.45, 2.75) is 25.4 Å². The molecule has 1 aromatic rings. The first kappa shape index (κ1) is 9.33. The Balaban J connectivity index is 2.03. The van der Waals surface area contributed by atoms with Gasteiger partial charge in [-0.05, 0) is 41.4 Å². The van der Waals surface area contributed by atoms with Crippen LogP contribution in [0.15, 0.2) is 12.5 Å². The highest BCUT2D eigenvalue weighted by atomic mass is 127. The van der Waals surface area contributed by atoms with Crippen LogP contribution in [0.5, 0.6) is 0 Å². The van der Waals surface area contributed by atoms with E-state index in [9.17, 15) is 5.11 Å². The van der Waals surface area contributed by atoms with Gasteiger partial charge in [0.05, 0.1) is 15.4 Å². The molecule has 1 aliphatic carbocycles. The van der Waals surface area contributed by atoms with Gasteiger partial charge in [-0.1, -0.05) is 0 Å². The summed E-state index contributed by atoms with van der Waals surface area (Å²) >= 11 is 2.20. The molecule has 70 valence electrons. The minimum atomic E-state index is -0.205. The lowest BCUT2D eigenvalue weighted by molar-refractivity contribution is 0.150. The van der Waals surface area contributed by atoms with Crippen LogP contribution >= 0.6 is 22.6 Å². The number of aromatic nitrogens is 2. The molecule has 1 fully saturated rings. The quantitative estimate of drug-likeness (QED) is 0.856. The number of halogens is 1. The highest BCUT2D eigenvalue weighted by Gasteiger charge is 2.30. The summed E-state index contributed by atoms with van der Waals surface area (Å²) in [4.78, 5) is 8.06. The van der Waals surface area contributed by atoms with Crippen molar-refractivity contribution in [1.82, 2.24) is 9.97 Å². The van der Waals surface area contributed by atoms with Gasteiger partial charge in [0, 0.05) is 12.6 Å². The van der Waals surface area contributed by atoms with Crippen molar-refractivity contribution in [3.63, 3.8) is 0 Å². The molecule has 0 aliphatic heterocycles. The number of aliphatic hydroxyl groups is 1. The van der Waals surface area contributed by atoms with Gasteiger partial charge in [-0.15, -0.1) is 0 Å². The highest BCUT2D eigenvalue weighted by molar-refractivity contribution is 14.1. The van der Waals surface area contributed by atoms with E-state index in [0.29, 0.717) is 12.3 Å². The third kappa shape index (κ3) is 2.37. The predicted molar refractivity (Wildman–Crippen MR) is 57.2 cm³/mol. The minimum absolute atomic E-state index is 0.205. The second-order valence-electron chi connectivity index (χ2n) is 3.43. The summed E-state index contributed by atoms with van der Waals surface area (Å²) < 4.78 is 1.04. The minimum Gasteiger partial charge on any atom is -0.392 e. The summed E-state index contributed by atoms with van der Waals surface area (Å²) in [6.45, 7) is 0. The average Bonchev–Trinajstić information content (AvgIpc) is 2.91. The van der Waals surface area contributed by atoms with Gasteiger partial charge in [0.25, 0.3) is 0 Å². The zero-order chi connectivity index (χ0) is 9.26. The molecule has 0 aromatic carbocycles. The van der Waals surface area contributed by atoms with Gasteiger partial charge in [0.1, 0.15) is 6.33 Å². The Labute approximate surface area is 90.7 Å². The van der Waals surface area contributed by atoms with E-state index in [-0.39, 0.29) is 6.10 Å². The molecule has 1 unspecified atom stereocenters. The Morgan fingerprint density at radius 3 is 3.00 bits per heavy atom. The van der Waals surface area contributed by atoms with Crippen LogP contribution in [0.25, 0.3) is 0 Å². The molecule has 1 aromatic heterocycles. The number of hydrogen-bond acceptors (Lipinski definition) is 3. The SMILES string of the molecule is OC(Cc1ncncc1I)C1CC1. The van der Waals surface area contributed by atoms with Gasteiger partial charge in [-0.2, -0.15) is 0 Å². The largest absolute Gasteiger partial charge is 0.392 e. The molecule has 0 saturated heterocycles. The van der Waals surface area contributed by atoms with Crippen molar-refractivity contribution in [2.75, 3.05) is 0 Å². The van der Waals surface area contributed by atoms with Crippen LogP contribution < -0.4 is 0 Å². The Morgan fingerprint density at radius 1 is 1.62 bits per heavy atom. The van der Waals surface area contributed by atoms with Gasteiger partial charge < -0.3 is 5.11 Å². The summed E-state index contributed by atoms with van der Waals surface area (Å²) in [5, 5.41) is 9.70. The van der Waals surface area contributed by atoms with Crippen molar-refractivity contribution < 1.29 is 5.11 Å². The molecule has 0 spiro atoms. The molecule has 1 N–H and O–H groups in total. The first-order valence-electron chi connectivity index (χ1n) is 4.40. The Morgan fingerprint density at radius 2 is 2.38 bits per heavy atom. The second-order valence-corrected chi connectivity index (χ2v) is 4.59. The molecule has 1 aliphatic rings. The normalized spacial score (nSPS) is 18.6. The van der Waals surface area contributed by atoms with Crippen LogP contribution in [0.2, 0.25) is 0 Å². The van der Waals surface area contributed by atoms with E-state index in [4.69, 9.17) is 0 Å². The molecule has 0 amide bonds. The maximum absolute atomic E-state index is 9.70. The average molecular weight is 290 g/mol. The summed E-state index contributed by atoms with van der Waals surface area (Å²) in [6.07, 6.45) is 6.12. The number of hydrogen-bond donors (Lipinski definition) is 1. The smallest absolute Gasteiger partial charge is 0.115 e. The fraction of sp³-hybridized carbons (Fsp3) is 0.556. The zero-order valence-electron chi connectivity index (χ0n) is 7.15. The molecule has 3 nitrogen and oxygen atoms in total. The van der Waals surface area contributed by atoms with E-state index in [2.05, 4.69) is 32.6 Å². The molecule has 1 heterocycles. The lowest BCUT2D eigenvalue weighted by Crippen LogP contribution is -2.14. The summed E-state index contributed by atoms with van der Waals surface area (Å²) in [7, 11) is 0. The van der Waals surface area contributed by atoms with Crippen LogP contribution in [-0.4, -0.2) is 21.2 Å². The fourth-order valence-electron chi connectivity index (χ4n) is 1.33. The highest BCUT2D eigenvalue weighted by Crippen LogP contribution is 2.34. The Bertz CT molecular complexity index is 301. The second kappa shape index (κ2) is 3.88. The van der Waals surface area contributed by atoms with Gasteiger partial charge in [-0.25, -0.2) is 9.97 Å². The standard InChI is InChI=1S/C9H11IN2O/c10-7-4-11-5-12-8(7)3-9(13)6-1-2-6/h4-6,9,13H,1-3H2. The molecule has 1 saturated carbocycles. The van der Waals surface area contributed by atoms with Crippen molar-refractivity contribution in [3.05, 3.63) is 21.8 Å². The van der Waals surface area contributed by atoms with Crippen LogP contribution in [-0.2, 0) is 6.42 Å². The van der Waals surface area contributed by atoms with Gasteiger partial charge in [0.2, 0.25) is 0 Å². The number of aliphatic hydroxyl groups excluding tert-OH is 1. The van der Waals surface area contributed by atoms with Crippen LogP contribution in [0.3, 0.4) is 0 Å². The molecule has 0 bridgehead atoms. The lowest BCUT2D eigenvalue weighted by Gasteiger charge is -2.08. The summed E-state index contributed by atoms with van der Waals surface area (Å²) in [6, 6.07) is 0. The molecule has 13 heavy (non-hydrogen) atoms. The number of nitrogens with zero attached hydrogens (tertiary/aromatic N) is 2. The zero-order valence-corrected chi connectivity index (χ0v) is 9.31. The molecule has 1 atom stereocenters. The Kier molecular flexibility index (Phi) is 2.78. The van der Waals surface area contributed by atoms with Crippen molar-refractivity contribution in [3.8, 4) is 0 Å². The Hall–Kier alpha value is -0.230. The van der Waals surface area contributed by atoms with Gasteiger partial charge >= 0.3 is 0 Å². The van der Waals surface area contributed by atoms with Gasteiger partial charge in [-0.3, -0.25) is 0 Å². The topological polar surface area (TPSA) is 46.0 Å². The summed E-state index contributed by atoms with van der Waals surface area (Å²) in [5.74, 6) is 0.519. The van der Waals surface area contributed by atoms with Gasteiger partial charge in [0.15, 0.2) is 0 Å². The maximum Gasteiger partial charge on any atom is 0.115 e. The van der Waals surface area contributed by atoms with Crippen LogP contribution in [0.1, 0.15) is 18.5 Å². The first-order chi connectivity index (χ1) is 6.27. The molecular weight excluding hydrogens is 279 g/mol. The van der Waals surface area contributed by atoms with E-state index in [1.54, 1.807) is 6.20 Å². The molecule has 0 radical (unpaired) electrons. The van der Waals surface area contributed by atoms with E-state index >= 15 is 0 Å². The fourth-order valence-corrected chi connectivity index (χ4v) is 1.85. The molecule has 4 heteroatoms. The van der Waals surface area contributed by atoms with Crippen molar-refractivity contribution in [1.29, 1.82) is 0 Å². The lowest BCUT2D eigenvalue weighted by atomic mass is 10.1. The van der Waals surface area contributed by atoms with Crippen molar-refractivity contribution >= 4 is 22.6 Å². The van der Waals surface area contributed by atoms with E-state index in [1.807, 2.05) is 0 Å². The molecule has 2 rings (SSSR count). The molecular formula is C9H11IN2O. The van der Waals surface area contributed by atoms with E-state index < -0.39 is 0 Å². The van der Waals surface area contributed by atoms with Crippen LogP contribution in [0.4, 0.5) is 0 Å². The number of rotatable bonds is 3. The maximum atomic E-state index is 9.70. The monoisotopic (exact) mass is 290 g/mol.